The Morgan fingerprint density at radius 2 is 0.907 bits per heavy atom. The molecule has 2 aromatic rings. The molecule has 0 atom stereocenters. The Hall–Kier alpha value is -3.10. The summed E-state index contributed by atoms with van der Waals surface area (Å²) in [6.45, 7) is 8.49. The molecule has 0 saturated heterocycles. The molecule has 2 rings (SSSR count). The van der Waals surface area contributed by atoms with Crippen molar-refractivity contribution in [3.05, 3.63) is 60.2 Å². The van der Waals surface area contributed by atoms with E-state index in [2.05, 4.69) is 5.32 Å². The van der Waals surface area contributed by atoms with Gasteiger partial charge in [0.05, 0.1) is 98.1 Å². The van der Waals surface area contributed by atoms with Crippen LogP contribution in [0.3, 0.4) is 0 Å². The standard InChI is InChI=1S/C31H45NO11/c1-27(33)32-29-7-9-30(10-8-29)42-25-23-40-21-19-38-17-15-36-13-11-35-12-14-37-16-18-39-20-22-41-24-26-43-31(34)28-5-3-2-4-6-28/h2-10H,11-26H2,1H3,(H,32,33). The molecule has 0 heterocycles. The number of carbonyl (C=O) groups is 2. The summed E-state index contributed by atoms with van der Waals surface area (Å²) < 4.78 is 48.9. The van der Waals surface area contributed by atoms with Crippen LogP contribution >= 0.6 is 0 Å². The van der Waals surface area contributed by atoms with Crippen molar-refractivity contribution in [3.63, 3.8) is 0 Å². The van der Waals surface area contributed by atoms with E-state index in [1.165, 1.54) is 6.92 Å². The molecule has 0 aromatic heterocycles. The Bertz CT molecular complexity index is 960. The van der Waals surface area contributed by atoms with Gasteiger partial charge < -0.3 is 47.9 Å². The lowest BCUT2D eigenvalue weighted by Crippen LogP contribution is -2.15. The van der Waals surface area contributed by atoms with Gasteiger partial charge in [0, 0.05) is 12.6 Å². The minimum Gasteiger partial charge on any atom is -0.491 e. The second kappa shape index (κ2) is 25.4. The summed E-state index contributed by atoms with van der Waals surface area (Å²) >= 11 is 0. The number of hydrogen-bond donors (Lipinski definition) is 1. The van der Waals surface area contributed by atoms with E-state index in [9.17, 15) is 9.59 Å². The molecule has 0 aliphatic carbocycles. The number of carbonyl (C=O) groups excluding carboxylic acids is 2. The fourth-order valence-electron chi connectivity index (χ4n) is 3.33. The minimum absolute atomic E-state index is 0.111. The van der Waals surface area contributed by atoms with Gasteiger partial charge >= 0.3 is 5.97 Å². The number of ether oxygens (including phenoxy) is 9. The zero-order valence-electron chi connectivity index (χ0n) is 25.0. The normalized spacial score (nSPS) is 10.9. The number of rotatable bonds is 27. The Morgan fingerprint density at radius 3 is 1.33 bits per heavy atom. The van der Waals surface area contributed by atoms with Crippen LogP contribution in [0, 0.1) is 0 Å². The lowest BCUT2D eigenvalue weighted by atomic mass is 10.2. The first-order chi connectivity index (χ1) is 21.1. The van der Waals surface area contributed by atoms with Crippen molar-refractivity contribution in [2.24, 2.45) is 0 Å². The molecule has 43 heavy (non-hydrogen) atoms. The van der Waals surface area contributed by atoms with Crippen LogP contribution in [0.5, 0.6) is 5.75 Å². The summed E-state index contributed by atoms with van der Waals surface area (Å²) in [5.74, 6) is 0.243. The highest BCUT2D eigenvalue weighted by Crippen LogP contribution is 2.15. The van der Waals surface area contributed by atoms with E-state index in [1.54, 1.807) is 48.5 Å². The summed E-state index contributed by atoms with van der Waals surface area (Å²) in [5, 5.41) is 2.71. The molecule has 1 amide bonds. The highest BCUT2D eigenvalue weighted by atomic mass is 16.6. The molecule has 0 fully saturated rings. The van der Waals surface area contributed by atoms with Gasteiger partial charge in [0.1, 0.15) is 19.0 Å². The summed E-state index contributed by atoms with van der Waals surface area (Å²) in [5.41, 5.74) is 1.25. The van der Waals surface area contributed by atoms with Crippen molar-refractivity contribution in [1.29, 1.82) is 0 Å². The van der Waals surface area contributed by atoms with Gasteiger partial charge in [-0.05, 0) is 36.4 Å². The number of hydrogen-bond acceptors (Lipinski definition) is 11. The molecule has 0 aliphatic heterocycles. The molecule has 0 aliphatic rings. The second-order valence-electron chi connectivity index (χ2n) is 8.84. The van der Waals surface area contributed by atoms with Gasteiger partial charge in [0.15, 0.2) is 0 Å². The lowest BCUT2D eigenvalue weighted by Gasteiger charge is -2.09. The number of anilines is 1. The fourth-order valence-corrected chi connectivity index (χ4v) is 3.33. The first-order valence-corrected chi connectivity index (χ1v) is 14.4. The SMILES string of the molecule is CC(=O)Nc1ccc(OCCOCCOCCOCCOCCOCCOCCOCCOC(=O)c2ccccc2)cc1. The van der Waals surface area contributed by atoms with Gasteiger partial charge in [0.2, 0.25) is 5.91 Å². The van der Waals surface area contributed by atoms with Crippen LogP contribution in [0.25, 0.3) is 0 Å². The van der Waals surface area contributed by atoms with Gasteiger partial charge in [-0.3, -0.25) is 4.79 Å². The van der Waals surface area contributed by atoms with E-state index in [0.29, 0.717) is 110 Å². The molecule has 1 N–H and O–H groups in total. The van der Waals surface area contributed by atoms with Crippen molar-refractivity contribution in [2.75, 3.05) is 111 Å². The molecule has 0 radical (unpaired) electrons. The summed E-state index contributed by atoms with van der Waals surface area (Å²) in [6.07, 6.45) is 0. The van der Waals surface area contributed by atoms with Crippen LogP contribution < -0.4 is 10.1 Å². The van der Waals surface area contributed by atoms with E-state index >= 15 is 0 Å². The minimum atomic E-state index is -0.359. The van der Waals surface area contributed by atoms with Crippen molar-refractivity contribution < 1.29 is 52.2 Å². The van der Waals surface area contributed by atoms with Crippen LogP contribution in [0.1, 0.15) is 17.3 Å². The van der Waals surface area contributed by atoms with Gasteiger partial charge in [-0.2, -0.15) is 0 Å². The van der Waals surface area contributed by atoms with E-state index in [1.807, 2.05) is 6.07 Å². The maximum absolute atomic E-state index is 11.8. The summed E-state index contributed by atoms with van der Waals surface area (Å²) in [6, 6.07) is 16.0. The zero-order valence-corrected chi connectivity index (χ0v) is 25.0. The van der Waals surface area contributed by atoms with Gasteiger partial charge in [-0.25, -0.2) is 4.79 Å². The third-order valence-corrected chi connectivity index (χ3v) is 5.37. The van der Waals surface area contributed by atoms with Crippen LogP contribution in [-0.2, 0) is 42.7 Å². The van der Waals surface area contributed by atoms with Crippen LogP contribution in [0.4, 0.5) is 5.69 Å². The van der Waals surface area contributed by atoms with Crippen molar-refractivity contribution in [2.45, 2.75) is 6.92 Å². The lowest BCUT2D eigenvalue weighted by molar-refractivity contribution is -0.114. The summed E-state index contributed by atoms with van der Waals surface area (Å²) in [4.78, 5) is 22.8. The maximum atomic E-state index is 11.8. The number of amides is 1. The first kappa shape index (κ1) is 36.1. The smallest absolute Gasteiger partial charge is 0.338 e. The number of nitrogens with one attached hydrogen (secondary N) is 1. The van der Waals surface area contributed by atoms with Crippen molar-refractivity contribution >= 4 is 17.6 Å². The molecule has 0 saturated carbocycles. The van der Waals surface area contributed by atoms with E-state index in [-0.39, 0.29) is 18.5 Å². The van der Waals surface area contributed by atoms with Gasteiger partial charge in [-0.15, -0.1) is 0 Å². The third-order valence-electron chi connectivity index (χ3n) is 5.37. The Kier molecular flexibility index (Phi) is 21.3. The molecule has 2 aromatic carbocycles. The van der Waals surface area contributed by atoms with Crippen molar-refractivity contribution in [1.82, 2.24) is 0 Å². The van der Waals surface area contributed by atoms with Crippen LogP contribution in [0.15, 0.2) is 54.6 Å². The molecule has 12 nitrogen and oxygen atoms in total. The predicted octanol–water partition coefficient (Wildman–Crippen LogP) is 3.00. The number of esters is 1. The molecular formula is C31H45NO11. The second-order valence-corrected chi connectivity index (χ2v) is 8.84. The van der Waals surface area contributed by atoms with Gasteiger partial charge in [-0.1, -0.05) is 18.2 Å². The first-order valence-electron chi connectivity index (χ1n) is 14.4. The average Bonchev–Trinajstić information content (AvgIpc) is 3.02. The Labute approximate surface area is 253 Å². The molecule has 0 spiro atoms. The van der Waals surface area contributed by atoms with Crippen LogP contribution in [0.2, 0.25) is 0 Å². The quantitative estimate of drug-likeness (QED) is 0.119. The molecule has 0 unspecified atom stereocenters. The third kappa shape index (κ3) is 20.4. The average molecular weight is 608 g/mol. The van der Waals surface area contributed by atoms with Gasteiger partial charge in [0.25, 0.3) is 0 Å². The molecule has 0 bridgehead atoms. The maximum Gasteiger partial charge on any atom is 0.338 e. The highest BCUT2D eigenvalue weighted by molar-refractivity contribution is 5.89. The van der Waals surface area contributed by atoms with E-state index in [0.717, 1.165) is 5.69 Å². The fraction of sp³-hybridized carbons (Fsp3) is 0.548. The molecule has 240 valence electrons. The Balaban J connectivity index is 1.21. The number of benzene rings is 2. The largest absolute Gasteiger partial charge is 0.491 e. The summed E-state index contributed by atoms with van der Waals surface area (Å²) in [7, 11) is 0. The Morgan fingerprint density at radius 1 is 0.512 bits per heavy atom. The molecule has 12 heteroatoms. The zero-order chi connectivity index (χ0) is 30.6. The monoisotopic (exact) mass is 607 g/mol. The predicted molar refractivity (Wildman–Crippen MR) is 159 cm³/mol. The molecular weight excluding hydrogens is 562 g/mol. The van der Waals surface area contributed by atoms with E-state index in [4.69, 9.17) is 42.6 Å². The van der Waals surface area contributed by atoms with Crippen molar-refractivity contribution in [3.8, 4) is 5.75 Å². The topological polar surface area (TPSA) is 129 Å². The van der Waals surface area contributed by atoms with Crippen LogP contribution in [-0.4, -0.2) is 118 Å². The highest BCUT2D eigenvalue weighted by Gasteiger charge is 2.05. The van der Waals surface area contributed by atoms with E-state index < -0.39 is 0 Å².